The van der Waals surface area contributed by atoms with E-state index in [9.17, 15) is 9.59 Å². The van der Waals surface area contributed by atoms with Crippen LogP contribution in [0.4, 0.5) is 5.69 Å². The summed E-state index contributed by atoms with van der Waals surface area (Å²) in [5.41, 5.74) is 7.29. The molecule has 0 radical (unpaired) electrons. The third-order valence-electron chi connectivity index (χ3n) is 4.92. The number of hydrogen-bond acceptors (Lipinski definition) is 3. The third-order valence-corrected chi connectivity index (χ3v) is 4.92. The Morgan fingerprint density at radius 3 is 2.35 bits per heavy atom. The predicted molar refractivity (Wildman–Crippen MR) is 89.7 cm³/mol. The van der Waals surface area contributed by atoms with Crippen molar-refractivity contribution in [1.82, 2.24) is 5.32 Å². The molecule has 0 aromatic heterocycles. The molecular weight excluding hydrogens is 290 g/mol. The Morgan fingerprint density at radius 1 is 1.17 bits per heavy atom. The van der Waals surface area contributed by atoms with Gasteiger partial charge in [0.25, 0.3) is 0 Å². The summed E-state index contributed by atoms with van der Waals surface area (Å²) in [6.45, 7) is 1.95. The maximum Gasteiger partial charge on any atom is 0.240 e. The van der Waals surface area contributed by atoms with E-state index >= 15 is 0 Å². The van der Waals surface area contributed by atoms with Crippen LogP contribution in [0.15, 0.2) is 24.3 Å². The molecule has 0 aliphatic heterocycles. The molecule has 2 saturated carbocycles. The summed E-state index contributed by atoms with van der Waals surface area (Å²) in [6.07, 6.45) is 5.55. The highest BCUT2D eigenvalue weighted by Gasteiger charge is 2.37. The summed E-state index contributed by atoms with van der Waals surface area (Å²) in [5, 5.41) is 5.93. The SMILES string of the molecule is CC(NC(=O)C1(N)CCCC1)c1ccc(NC(=O)C2CC2)cc1. The van der Waals surface area contributed by atoms with Gasteiger partial charge in [0.2, 0.25) is 11.8 Å². The summed E-state index contributed by atoms with van der Waals surface area (Å²) < 4.78 is 0. The van der Waals surface area contributed by atoms with Gasteiger partial charge in [0.05, 0.1) is 11.6 Å². The van der Waals surface area contributed by atoms with Crippen LogP contribution in [0.3, 0.4) is 0 Å². The van der Waals surface area contributed by atoms with Crippen molar-refractivity contribution in [2.45, 2.75) is 57.0 Å². The second kappa shape index (κ2) is 6.32. The van der Waals surface area contributed by atoms with Gasteiger partial charge in [-0.1, -0.05) is 25.0 Å². The number of amides is 2. The predicted octanol–water partition coefficient (Wildman–Crippen LogP) is 2.48. The summed E-state index contributed by atoms with van der Waals surface area (Å²) in [6, 6.07) is 7.53. The molecule has 2 amide bonds. The number of benzene rings is 1. The lowest BCUT2D eigenvalue weighted by atomic mass is 9.97. The van der Waals surface area contributed by atoms with Crippen molar-refractivity contribution in [3.63, 3.8) is 0 Å². The molecule has 2 fully saturated rings. The highest BCUT2D eigenvalue weighted by molar-refractivity contribution is 5.94. The number of nitrogens with two attached hydrogens (primary N) is 1. The summed E-state index contributed by atoms with van der Waals surface area (Å²) >= 11 is 0. The minimum atomic E-state index is -0.702. The molecule has 0 heterocycles. The first-order valence-electron chi connectivity index (χ1n) is 8.49. The summed E-state index contributed by atoms with van der Waals surface area (Å²) in [4.78, 5) is 24.1. The van der Waals surface area contributed by atoms with Gasteiger partial charge in [0, 0.05) is 11.6 Å². The number of carbonyl (C=O) groups excluding carboxylic acids is 2. The molecule has 5 nitrogen and oxygen atoms in total. The molecule has 1 aromatic carbocycles. The third kappa shape index (κ3) is 3.72. The number of anilines is 1. The molecular formula is C18H25N3O2. The van der Waals surface area contributed by atoms with Crippen LogP contribution < -0.4 is 16.4 Å². The zero-order chi connectivity index (χ0) is 16.4. The van der Waals surface area contributed by atoms with E-state index in [-0.39, 0.29) is 23.8 Å². The van der Waals surface area contributed by atoms with E-state index in [0.29, 0.717) is 0 Å². The van der Waals surface area contributed by atoms with E-state index in [1.807, 2.05) is 31.2 Å². The zero-order valence-electron chi connectivity index (χ0n) is 13.6. The van der Waals surface area contributed by atoms with Crippen molar-refractivity contribution in [2.24, 2.45) is 11.7 Å². The van der Waals surface area contributed by atoms with Crippen LogP contribution in [0.2, 0.25) is 0 Å². The lowest BCUT2D eigenvalue weighted by molar-refractivity contribution is -0.126. The molecule has 124 valence electrons. The molecule has 1 unspecified atom stereocenters. The molecule has 3 rings (SSSR count). The Hall–Kier alpha value is -1.88. The van der Waals surface area contributed by atoms with Crippen LogP contribution in [0.25, 0.3) is 0 Å². The normalized spacial score (nSPS) is 20.8. The molecule has 0 bridgehead atoms. The Balaban J connectivity index is 1.57. The van der Waals surface area contributed by atoms with E-state index in [4.69, 9.17) is 5.73 Å². The highest BCUT2D eigenvalue weighted by Crippen LogP contribution is 2.30. The Bertz CT molecular complexity index is 587. The first-order chi connectivity index (χ1) is 11.0. The molecule has 1 atom stereocenters. The van der Waals surface area contributed by atoms with Gasteiger partial charge in [-0.05, 0) is 50.3 Å². The molecule has 23 heavy (non-hydrogen) atoms. The molecule has 0 saturated heterocycles. The Kier molecular flexibility index (Phi) is 4.39. The minimum absolute atomic E-state index is 0.0615. The topological polar surface area (TPSA) is 84.2 Å². The van der Waals surface area contributed by atoms with Crippen molar-refractivity contribution < 1.29 is 9.59 Å². The summed E-state index contributed by atoms with van der Waals surface area (Å²) in [7, 11) is 0. The Morgan fingerprint density at radius 2 is 1.78 bits per heavy atom. The van der Waals surface area contributed by atoms with Gasteiger partial charge in [-0.2, -0.15) is 0 Å². The van der Waals surface area contributed by atoms with Crippen molar-refractivity contribution in [1.29, 1.82) is 0 Å². The molecule has 2 aliphatic carbocycles. The van der Waals surface area contributed by atoms with Crippen LogP contribution in [0.1, 0.15) is 57.1 Å². The molecule has 5 heteroatoms. The quantitative estimate of drug-likeness (QED) is 0.780. The van der Waals surface area contributed by atoms with Crippen molar-refractivity contribution in [3.05, 3.63) is 29.8 Å². The van der Waals surface area contributed by atoms with E-state index in [0.717, 1.165) is 49.8 Å². The fraction of sp³-hybridized carbons (Fsp3) is 0.556. The second-order valence-electron chi connectivity index (χ2n) is 6.94. The van der Waals surface area contributed by atoms with Gasteiger partial charge < -0.3 is 16.4 Å². The van der Waals surface area contributed by atoms with Crippen LogP contribution in [-0.4, -0.2) is 17.4 Å². The first kappa shape index (κ1) is 16.0. The van der Waals surface area contributed by atoms with Crippen molar-refractivity contribution in [3.8, 4) is 0 Å². The van der Waals surface area contributed by atoms with Gasteiger partial charge in [-0.15, -0.1) is 0 Å². The average molecular weight is 315 g/mol. The zero-order valence-corrected chi connectivity index (χ0v) is 13.6. The molecule has 1 aromatic rings. The summed E-state index contributed by atoms with van der Waals surface area (Å²) in [5.74, 6) is 0.235. The lowest BCUT2D eigenvalue weighted by Gasteiger charge is -2.25. The maximum absolute atomic E-state index is 12.4. The van der Waals surface area contributed by atoms with Crippen LogP contribution in [0, 0.1) is 5.92 Å². The van der Waals surface area contributed by atoms with Crippen molar-refractivity contribution >= 4 is 17.5 Å². The van der Waals surface area contributed by atoms with Gasteiger partial charge in [0.15, 0.2) is 0 Å². The van der Waals surface area contributed by atoms with E-state index in [2.05, 4.69) is 10.6 Å². The fourth-order valence-corrected chi connectivity index (χ4v) is 3.10. The lowest BCUT2D eigenvalue weighted by Crippen LogP contribution is -2.52. The minimum Gasteiger partial charge on any atom is -0.348 e. The highest BCUT2D eigenvalue weighted by atomic mass is 16.2. The van der Waals surface area contributed by atoms with Gasteiger partial charge in [0.1, 0.15) is 0 Å². The number of rotatable bonds is 5. The van der Waals surface area contributed by atoms with Gasteiger partial charge in [-0.3, -0.25) is 9.59 Å². The molecule has 0 spiro atoms. The first-order valence-corrected chi connectivity index (χ1v) is 8.49. The second-order valence-corrected chi connectivity index (χ2v) is 6.94. The van der Waals surface area contributed by atoms with E-state index in [1.54, 1.807) is 0 Å². The van der Waals surface area contributed by atoms with Crippen molar-refractivity contribution in [2.75, 3.05) is 5.32 Å². The Labute approximate surface area is 137 Å². The molecule has 4 N–H and O–H groups in total. The van der Waals surface area contributed by atoms with Gasteiger partial charge >= 0.3 is 0 Å². The van der Waals surface area contributed by atoms with Crippen LogP contribution in [-0.2, 0) is 9.59 Å². The standard InChI is InChI=1S/C18H25N3O2/c1-12(20-17(23)18(19)10-2-3-11-18)13-6-8-15(9-7-13)21-16(22)14-4-5-14/h6-9,12,14H,2-5,10-11,19H2,1H3,(H,20,23)(H,21,22). The van der Waals surface area contributed by atoms with Gasteiger partial charge in [-0.25, -0.2) is 0 Å². The number of carbonyl (C=O) groups is 2. The number of hydrogen-bond donors (Lipinski definition) is 3. The smallest absolute Gasteiger partial charge is 0.240 e. The maximum atomic E-state index is 12.4. The fourth-order valence-electron chi connectivity index (χ4n) is 3.10. The van der Waals surface area contributed by atoms with Crippen LogP contribution in [0.5, 0.6) is 0 Å². The largest absolute Gasteiger partial charge is 0.348 e. The van der Waals surface area contributed by atoms with E-state index in [1.165, 1.54) is 0 Å². The number of nitrogens with one attached hydrogen (secondary N) is 2. The van der Waals surface area contributed by atoms with Crippen LogP contribution >= 0.6 is 0 Å². The molecule has 2 aliphatic rings. The average Bonchev–Trinajstić information content (AvgIpc) is 3.30. The van der Waals surface area contributed by atoms with E-state index < -0.39 is 5.54 Å². The monoisotopic (exact) mass is 315 g/mol.